The summed E-state index contributed by atoms with van der Waals surface area (Å²) in [5, 5.41) is 3.27. The Labute approximate surface area is 104 Å². The Kier molecular flexibility index (Phi) is 4.07. The number of rotatable bonds is 5. The van der Waals surface area contributed by atoms with Crippen LogP contribution in [0, 0.1) is 11.8 Å². The first-order chi connectivity index (χ1) is 7.99. The van der Waals surface area contributed by atoms with E-state index in [2.05, 4.69) is 17.0 Å². The highest BCUT2D eigenvalue weighted by atomic mass is 32.2. The topological polar surface area (TPSA) is 61.4 Å². The van der Waals surface area contributed by atoms with E-state index in [0.717, 1.165) is 19.5 Å². The van der Waals surface area contributed by atoms with E-state index in [1.165, 1.54) is 17.1 Å². The van der Waals surface area contributed by atoms with E-state index in [-0.39, 0.29) is 6.04 Å². The second-order valence-electron chi connectivity index (χ2n) is 5.42. The van der Waals surface area contributed by atoms with Gasteiger partial charge in [0.05, 0.1) is 0 Å². The maximum Gasteiger partial charge on any atom is 0.279 e. The molecular formula is C11H23N3O2S. The lowest BCUT2D eigenvalue weighted by Crippen LogP contribution is -2.51. The third-order valence-corrected chi connectivity index (χ3v) is 5.28. The molecule has 0 bridgehead atoms. The van der Waals surface area contributed by atoms with E-state index < -0.39 is 10.2 Å². The molecule has 2 rings (SSSR count). The van der Waals surface area contributed by atoms with Crippen LogP contribution in [0.25, 0.3) is 0 Å². The minimum Gasteiger partial charge on any atom is -0.316 e. The van der Waals surface area contributed by atoms with Crippen molar-refractivity contribution in [2.24, 2.45) is 11.8 Å². The van der Waals surface area contributed by atoms with Gasteiger partial charge >= 0.3 is 0 Å². The molecule has 2 aliphatic rings. The Morgan fingerprint density at radius 3 is 2.65 bits per heavy atom. The summed E-state index contributed by atoms with van der Waals surface area (Å²) in [7, 11) is -1.62. The van der Waals surface area contributed by atoms with Crippen LogP contribution >= 0.6 is 0 Å². The van der Waals surface area contributed by atoms with Crippen LogP contribution in [-0.4, -0.2) is 45.4 Å². The summed E-state index contributed by atoms with van der Waals surface area (Å²) in [6.45, 7) is 4.53. The molecule has 0 amide bonds. The fourth-order valence-corrected chi connectivity index (χ4v) is 3.55. The van der Waals surface area contributed by atoms with Gasteiger partial charge in [0.25, 0.3) is 10.2 Å². The molecule has 100 valence electrons. The lowest BCUT2D eigenvalue weighted by Gasteiger charge is -2.31. The molecule has 1 saturated heterocycles. The average Bonchev–Trinajstić information content (AvgIpc) is 3.05. The molecule has 1 saturated carbocycles. The molecular weight excluding hydrogens is 238 g/mol. The van der Waals surface area contributed by atoms with Crippen molar-refractivity contribution in [3.05, 3.63) is 0 Å². The molecule has 0 aromatic rings. The predicted octanol–water partition coefficient (Wildman–Crippen LogP) is 0.161. The molecule has 1 aliphatic heterocycles. The summed E-state index contributed by atoms with van der Waals surface area (Å²) >= 11 is 0. The Morgan fingerprint density at radius 1 is 1.35 bits per heavy atom. The molecule has 0 spiro atoms. The van der Waals surface area contributed by atoms with Crippen LogP contribution in [0.5, 0.6) is 0 Å². The monoisotopic (exact) mass is 261 g/mol. The summed E-state index contributed by atoms with van der Waals surface area (Å²) in [5.41, 5.74) is 0. The summed E-state index contributed by atoms with van der Waals surface area (Å²) in [5.74, 6) is 0.940. The van der Waals surface area contributed by atoms with E-state index in [1.807, 2.05) is 0 Å². The lowest BCUT2D eigenvalue weighted by atomic mass is 9.97. The van der Waals surface area contributed by atoms with E-state index in [1.54, 1.807) is 7.05 Å². The SMILES string of the molecule is CC1CNCCC1NS(=O)(=O)N(C)CC1CC1. The highest BCUT2D eigenvalue weighted by molar-refractivity contribution is 7.87. The Balaban J connectivity index is 1.90. The van der Waals surface area contributed by atoms with Gasteiger partial charge in [-0.1, -0.05) is 6.92 Å². The molecule has 0 aromatic heterocycles. The zero-order valence-electron chi connectivity index (χ0n) is 10.6. The summed E-state index contributed by atoms with van der Waals surface area (Å²) in [4.78, 5) is 0. The molecule has 2 fully saturated rings. The summed E-state index contributed by atoms with van der Waals surface area (Å²) in [6, 6.07) is 0.0721. The van der Waals surface area contributed by atoms with Gasteiger partial charge in [0.1, 0.15) is 0 Å². The van der Waals surface area contributed by atoms with Crippen molar-refractivity contribution in [2.75, 3.05) is 26.7 Å². The fraction of sp³-hybridized carbons (Fsp3) is 1.00. The number of hydrogen-bond donors (Lipinski definition) is 2. The number of nitrogens with one attached hydrogen (secondary N) is 2. The first kappa shape index (κ1) is 13.3. The Morgan fingerprint density at radius 2 is 2.06 bits per heavy atom. The van der Waals surface area contributed by atoms with Crippen molar-refractivity contribution in [3.8, 4) is 0 Å². The van der Waals surface area contributed by atoms with Gasteiger partial charge < -0.3 is 5.32 Å². The van der Waals surface area contributed by atoms with Gasteiger partial charge in [0, 0.05) is 19.6 Å². The van der Waals surface area contributed by atoms with Crippen LogP contribution < -0.4 is 10.0 Å². The van der Waals surface area contributed by atoms with Crippen LogP contribution in [0.1, 0.15) is 26.2 Å². The zero-order chi connectivity index (χ0) is 12.5. The molecule has 1 heterocycles. The standard InChI is InChI=1S/C11H23N3O2S/c1-9-7-12-6-5-11(9)13-17(15,16)14(2)8-10-3-4-10/h9-13H,3-8H2,1-2H3. The van der Waals surface area contributed by atoms with Gasteiger partial charge in [-0.05, 0) is 44.2 Å². The molecule has 17 heavy (non-hydrogen) atoms. The smallest absolute Gasteiger partial charge is 0.279 e. The van der Waals surface area contributed by atoms with Gasteiger partial charge in [-0.2, -0.15) is 17.4 Å². The third-order valence-electron chi connectivity index (χ3n) is 3.71. The van der Waals surface area contributed by atoms with Gasteiger partial charge in [0.2, 0.25) is 0 Å². The lowest BCUT2D eigenvalue weighted by molar-refractivity contribution is 0.319. The molecule has 6 heteroatoms. The molecule has 0 aromatic carbocycles. The van der Waals surface area contributed by atoms with Crippen molar-refractivity contribution in [3.63, 3.8) is 0 Å². The van der Waals surface area contributed by atoms with Crippen LogP contribution in [0.3, 0.4) is 0 Å². The quantitative estimate of drug-likeness (QED) is 0.741. The molecule has 0 radical (unpaired) electrons. The number of hydrogen-bond acceptors (Lipinski definition) is 3. The van der Waals surface area contributed by atoms with Crippen molar-refractivity contribution in [2.45, 2.75) is 32.2 Å². The van der Waals surface area contributed by atoms with E-state index >= 15 is 0 Å². The van der Waals surface area contributed by atoms with Crippen LogP contribution in [0.2, 0.25) is 0 Å². The molecule has 2 unspecified atom stereocenters. The maximum atomic E-state index is 12.1. The minimum atomic E-state index is -3.29. The average molecular weight is 261 g/mol. The van der Waals surface area contributed by atoms with Gasteiger partial charge in [-0.25, -0.2) is 0 Å². The Hall–Kier alpha value is -0.170. The van der Waals surface area contributed by atoms with Crippen molar-refractivity contribution in [1.29, 1.82) is 0 Å². The first-order valence-corrected chi connectivity index (χ1v) is 7.87. The van der Waals surface area contributed by atoms with Crippen molar-refractivity contribution in [1.82, 2.24) is 14.3 Å². The second kappa shape index (κ2) is 5.22. The summed E-state index contributed by atoms with van der Waals surface area (Å²) in [6.07, 6.45) is 3.21. The minimum absolute atomic E-state index is 0.0721. The van der Waals surface area contributed by atoms with E-state index in [0.29, 0.717) is 18.4 Å². The maximum absolute atomic E-state index is 12.1. The molecule has 2 atom stereocenters. The van der Waals surface area contributed by atoms with Gasteiger partial charge in [-0.3, -0.25) is 0 Å². The number of nitrogens with zero attached hydrogens (tertiary/aromatic N) is 1. The highest BCUT2D eigenvalue weighted by Gasteiger charge is 2.31. The zero-order valence-corrected chi connectivity index (χ0v) is 11.5. The molecule has 1 aliphatic carbocycles. The van der Waals surface area contributed by atoms with E-state index in [4.69, 9.17) is 0 Å². The van der Waals surface area contributed by atoms with Crippen molar-refractivity contribution < 1.29 is 8.42 Å². The summed E-state index contributed by atoms with van der Waals surface area (Å²) < 4.78 is 28.5. The van der Waals surface area contributed by atoms with Crippen LogP contribution in [0.15, 0.2) is 0 Å². The predicted molar refractivity (Wildman–Crippen MR) is 67.8 cm³/mol. The first-order valence-electron chi connectivity index (χ1n) is 6.43. The van der Waals surface area contributed by atoms with Crippen molar-refractivity contribution >= 4 is 10.2 Å². The van der Waals surface area contributed by atoms with Gasteiger partial charge in [0.15, 0.2) is 0 Å². The second-order valence-corrected chi connectivity index (χ2v) is 7.23. The molecule has 5 nitrogen and oxygen atoms in total. The largest absolute Gasteiger partial charge is 0.316 e. The molecule has 2 N–H and O–H groups in total. The highest BCUT2D eigenvalue weighted by Crippen LogP contribution is 2.29. The Bertz CT molecular complexity index is 354. The van der Waals surface area contributed by atoms with E-state index in [9.17, 15) is 8.42 Å². The fourth-order valence-electron chi connectivity index (χ4n) is 2.23. The van der Waals surface area contributed by atoms with Gasteiger partial charge in [-0.15, -0.1) is 0 Å². The van der Waals surface area contributed by atoms with Crippen LogP contribution in [0.4, 0.5) is 0 Å². The number of piperidine rings is 1. The van der Waals surface area contributed by atoms with Crippen LogP contribution in [-0.2, 0) is 10.2 Å². The normalized spacial score (nSPS) is 30.8. The third kappa shape index (κ3) is 3.64.